The van der Waals surface area contributed by atoms with Crippen molar-refractivity contribution >= 4 is 11.6 Å². The highest BCUT2D eigenvalue weighted by atomic mass is 35.5. The van der Waals surface area contributed by atoms with E-state index in [0.717, 1.165) is 18.4 Å². The van der Waals surface area contributed by atoms with Crippen LogP contribution in [0.2, 0.25) is 5.02 Å². The van der Waals surface area contributed by atoms with Crippen LogP contribution in [0.5, 0.6) is 0 Å². The van der Waals surface area contributed by atoms with E-state index in [1.54, 1.807) is 0 Å². The molecule has 84 valence electrons. The molecule has 15 heavy (non-hydrogen) atoms. The second kappa shape index (κ2) is 5.00. The zero-order chi connectivity index (χ0) is 11.5. The van der Waals surface area contributed by atoms with Crippen molar-refractivity contribution in [3.05, 3.63) is 34.9 Å². The quantitative estimate of drug-likeness (QED) is 0.824. The van der Waals surface area contributed by atoms with Crippen molar-refractivity contribution in [2.24, 2.45) is 5.92 Å². The molecule has 0 amide bonds. The zero-order valence-corrected chi connectivity index (χ0v) is 10.4. The molecule has 2 heteroatoms. The predicted molar refractivity (Wildman–Crippen MR) is 65.1 cm³/mol. The Morgan fingerprint density at radius 3 is 2.53 bits per heavy atom. The van der Waals surface area contributed by atoms with Crippen LogP contribution in [0.25, 0.3) is 0 Å². The maximum absolute atomic E-state index is 10.4. The third kappa shape index (κ3) is 3.22. The molecule has 1 nitrogen and oxygen atoms in total. The number of rotatable bonds is 4. The first-order chi connectivity index (χ1) is 6.97. The molecule has 2 atom stereocenters. The fourth-order valence-corrected chi connectivity index (χ4v) is 2.17. The molecule has 0 fully saturated rings. The fourth-order valence-electron chi connectivity index (χ4n) is 1.83. The molecule has 0 radical (unpaired) electrons. The monoisotopic (exact) mass is 226 g/mol. The third-order valence-corrected chi connectivity index (χ3v) is 3.23. The largest absolute Gasteiger partial charge is 0.385 e. The minimum absolute atomic E-state index is 0.497. The lowest BCUT2D eigenvalue weighted by molar-refractivity contribution is 0.0320. The van der Waals surface area contributed by atoms with Gasteiger partial charge in [0, 0.05) is 10.6 Å². The molecule has 0 bridgehead atoms. The average molecular weight is 227 g/mol. The Balaban J connectivity index is 2.90. The van der Waals surface area contributed by atoms with Gasteiger partial charge in [-0.1, -0.05) is 50.1 Å². The number of hydrogen-bond acceptors (Lipinski definition) is 1. The van der Waals surface area contributed by atoms with Crippen LogP contribution in [0.4, 0.5) is 0 Å². The normalized spacial score (nSPS) is 17.1. The molecule has 1 N–H and O–H groups in total. The average Bonchev–Trinajstić information content (AvgIpc) is 2.17. The molecule has 0 aromatic heterocycles. The maximum atomic E-state index is 10.4. The van der Waals surface area contributed by atoms with Crippen LogP contribution in [0, 0.1) is 5.92 Å². The molecule has 0 heterocycles. The van der Waals surface area contributed by atoms with Crippen molar-refractivity contribution in [1.29, 1.82) is 0 Å². The Morgan fingerprint density at radius 1 is 1.40 bits per heavy atom. The molecular weight excluding hydrogens is 208 g/mol. The summed E-state index contributed by atoms with van der Waals surface area (Å²) in [4.78, 5) is 0. The SMILES string of the molecule is CCC(C)CC(C)(O)c1ccccc1Cl. The summed E-state index contributed by atoms with van der Waals surface area (Å²) < 4.78 is 0. The molecular formula is C13H19ClO. The molecule has 2 unspecified atom stereocenters. The minimum atomic E-state index is -0.826. The predicted octanol–water partition coefficient (Wildman–Crippen LogP) is 3.98. The highest BCUT2D eigenvalue weighted by molar-refractivity contribution is 6.31. The van der Waals surface area contributed by atoms with Crippen LogP contribution >= 0.6 is 11.6 Å². The van der Waals surface area contributed by atoms with Gasteiger partial charge in [-0.2, -0.15) is 0 Å². The van der Waals surface area contributed by atoms with E-state index in [4.69, 9.17) is 11.6 Å². The van der Waals surface area contributed by atoms with E-state index in [-0.39, 0.29) is 0 Å². The summed E-state index contributed by atoms with van der Waals surface area (Å²) in [5.74, 6) is 0.497. The lowest BCUT2D eigenvalue weighted by Crippen LogP contribution is -2.24. The highest BCUT2D eigenvalue weighted by Gasteiger charge is 2.26. The molecule has 0 saturated carbocycles. The highest BCUT2D eigenvalue weighted by Crippen LogP contribution is 2.33. The van der Waals surface area contributed by atoms with Crippen molar-refractivity contribution in [2.45, 2.75) is 39.2 Å². The smallest absolute Gasteiger partial charge is 0.0885 e. The van der Waals surface area contributed by atoms with Crippen LogP contribution in [0.3, 0.4) is 0 Å². The lowest BCUT2D eigenvalue weighted by Gasteiger charge is -2.27. The molecule has 0 spiro atoms. The second-order valence-electron chi connectivity index (χ2n) is 4.47. The van der Waals surface area contributed by atoms with Gasteiger partial charge in [0.1, 0.15) is 0 Å². The van der Waals surface area contributed by atoms with Crippen LogP contribution in [-0.4, -0.2) is 5.11 Å². The Labute approximate surface area is 97.1 Å². The van der Waals surface area contributed by atoms with Crippen LogP contribution in [0.15, 0.2) is 24.3 Å². The third-order valence-electron chi connectivity index (χ3n) is 2.90. The van der Waals surface area contributed by atoms with Gasteiger partial charge in [0.15, 0.2) is 0 Å². The van der Waals surface area contributed by atoms with Crippen molar-refractivity contribution in [2.75, 3.05) is 0 Å². The minimum Gasteiger partial charge on any atom is -0.385 e. The Bertz CT molecular complexity index is 320. The Morgan fingerprint density at radius 2 is 2.00 bits per heavy atom. The summed E-state index contributed by atoms with van der Waals surface area (Å²) in [6.45, 7) is 6.11. The van der Waals surface area contributed by atoms with E-state index >= 15 is 0 Å². The maximum Gasteiger partial charge on any atom is 0.0885 e. The van der Waals surface area contributed by atoms with Gasteiger partial charge in [-0.15, -0.1) is 0 Å². The summed E-state index contributed by atoms with van der Waals surface area (Å²) in [6, 6.07) is 7.50. The van der Waals surface area contributed by atoms with E-state index in [2.05, 4.69) is 13.8 Å². The van der Waals surface area contributed by atoms with Gasteiger partial charge in [-0.3, -0.25) is 0 Å². The first-order valence-electron chi connectivity index (χ1n) is 5.44. The summed E-state index contributed by atoms with van der Waals surface area (Å²) in [6.07, 6.45) is 1.81. The number of benzene rings is 1. The van der Waals surface area contributed by atoms with E-state index in [1.165, 1.54) is 0 Å². The molecule has 0 saturated heterocycles. The molecule has 0 aliphatic carbocycles. The molecule has 1 rings (SSSR count). The Kier molecular flexibility index (Phi) is 4.18. The first-order valence-corrected chi connectivity index (χ1v) is 5.82. The molecule has 0 aliphatic rings. The van der Waals surface area contributed by atoms with Gasteiger partial charge in [-0.05, 0) is 25.3 Å². The number of aliphatic hydroxyl groups is 1. The van der Waals surface area contributed by atoms with Crippen molar-refractivity contribution in [3.8, 4) is 0 Å². The second-order valence-corrected chi connectivity index (χ2v) is 4.88. The van der Waals surface area contributed by atoms with Gasteiger partial charge in [-0.25, -0.2) is 0 Å². The van der Waals surface area contributed by atoms with Gasteiger partial charge in [0.2, 0.25) is 0 Å². The van der Waals surface area contributed by atoms with Crippen LogP contribution in [0.1, 0.15) is 39.2 Å². The summed E-state index contributed by atoms with van der Waals surface area (Å²) in [5.41, 5.74) is 0.000270. The zero-order valence-electron chi connectivity index (χ0n) is 9.63. The van der Waals surface area contributed by atoms with Crippen molar-refractivity contribution in [1.82, 2.24) is 0 Å². The topological polar surface area (TPSA) is 20.2 Å². The fraction of sp³-hybridized carbons (Fsp3) is 0.538. The van der Waals surface area contributed by atoms with E-state index in [9.17, 15) is 5.11 Å². The van der Waals surface area contributed by atoms with Gasteiger partial charge in [0.25, 0.3) is 0 Å². The number of halogens is 1. The molecule has 0 aliphatic heterocycles. The van der Waals surface area contributed by atoms with Crippen molar-refractivity contribution in [3.63, 3.8) is 0 Å². The van der Waals surface area contributed by atoms with Crippen molar-refractivity contribution < 1.29 is 5.11 Å². The summed E-state index contributed by atoms with van der Waals surface area (Å²) in [7, 11) is 0. The van der Waals surface area contributed by atoms with E-state index < -0.39 is 5.60 Å². The molecule has 1 aromatic rings. The van der Waals surface area contributed by atoms with Gasteiger partial charge >= 0.3 is 0 Å². The first kappa shape index (κ1) is 12.5. The van der Waals surface area contributed by atoms with Gasteiger partial charge < -0.3 is 5.11 Å². The molecule has 1 aromatic carbocycles. The summed E-state index contributed by atoms with van der Waals surface area (Å²) >= 11 is 6.08. The van der Waals surface area contributed by atoms with E-state index in [1.807, 2.05) is 31.2 Å². The van der Waals surface area contributed by atoms with Gasteiger partial charge in [0.05, 0.1) is 5.60 Å². The summed E-state index contributed by atoms with van der Waals surface area (Å²) in [5, 5.41) is 11.0. The van der Waals surface area contributed by atoms with Crippen LogP contribution in [-0.2, 0) is 5.60 Å². The Hall–Kier alpha value is -0.530. The van der Waals surface area contributed by atoms with Crippen LogP contribution < -0.4 is 0 Å². The standard InChI is InChI=1S/C13H19ClO/c1-4-10(2)9-13(3,15)11-7-5-6-8-12(11)14/h5-8,10,15H,4,9H2,1-3H3. The number of hydrogen-bond donors (Lipinski definition) is 1. The lowest BCUT2D eigenvalue weighted by atomic mass is 9.86. The van der Waals surface area contributed by atoms with E-state index in [0.29, 0.717) is 10.9 Å².